The maximum atomic E-state index is 13.4. The number of hydrogen-bond acceptors (Lipinski definition) is 5. The predicted molar refractivity (Wildman–Crippen MR) is 130 cm³/mol. The Balaban J connectivity index is 1.81. The summed E-state index contributed by atoms with van der Waals surface area (Å²) >= 11 is 0. The highest BCUT2D eigenvalue weighted by Gasteiger charge is 2.33. The number of carbonyl (C=O) groups is 2. The molecule has 0 aliphatic heterocycles. The number of nitroso groups, excluding NO2 is 1. The van der Waals surface area contributed by atoms with Crippen LogP contribution in [0.15, 0.2) is 83.5 Å². The molecule has 1 aliphatic rings. The topological polar surface area (TPSA) is 95.8 Å². The molecule has 0 bridgehead atoms. The van der Waals surface area contributed by atoms with Gasteiger partial charge in [0.05, 0.1) is 11.9 Å². The lowest BCUT2D eigenvalue weighted by molar-refractivity contribution is -0.126. The van der Waals surface area contributed by atoms with E-state index < -0.39 is 24.8 Å². The number of amides is 1. The van der Waals surface area contributed by atoms with Gasteiger partial charge in [0, 0.05) is 12.0 Å². The van der Waals surface area contributed by atoms with E-state index in [1.165, 1.54) is 0 Å². The molecule has 0 spiro atoms. The van der Waals surface area contributed by atoms with Crippen molar-refractivity contribution in [1.82, 2.24) is 5.32 Å². The van der Waals surface area contributed by atoms with Gasteiger partial charge in [-0.3, -0.25) is 9.59 Å². The van der Waals surface area contributed by atoms with Crippen LogP contribution in [0.1, 0.15) is 48.8 Å². The Labute approximate surface area is 194 Å². The van der Waals surface area contributed by atoms with E-state index in [1.54, 1.807) is 18.2 Å². The van der Waals surface area contributed by atoms with E-state index >= 15 is 0 Å². The van der Waals surface area contributed by atoms with Crippen molar-refractivity contribution in [3.05, 3.63) is 100.0 Å². The second kappa shape index (κ2) is 12.1. The van der Waals surface area contributed by atoms with Crippen LogP contribution in [0, 0.1) is 4.91 Å². The fourth-order valence-electron chi connectivity index (χ4n) is 3.99. The summed E-state index contributed by atoms with van der Waals surface area (Å²) < 4.78 is 0. The number of carbonyl (C=O) groups excluding carboxylic acids is 2. The van der Waals surface area contributed by atoms with Crippen LogP contribution in [0.4, 0.5) is 0 Å². The molecular weight excluding hydrogens is 415 g/mol. The molecule has 7 heteroatoms. The number of nitrogens with zero attached hydrogens (tertiary/aromatic N) is 1. The maximum Gasteiger partial charge on any atom is 0.506 e. The predicted octanol–water partition coefficient (Wildman–Crippen LogP) is 4.08. The third-order valence-corrected chi connectivity index (χ3v) is 5.88. The molecule has 0 saturated heterocycles. The van der Waals surface area contributed by atoms with Crippen LogP contribution in [-0.2, 0) is 22.4 Å². The lowest BCUT2D eigenvalue weighted by atomic mass is 9.71. The molecule has 3 rings (SSSR count). The summed E-state index contributed by atoms with van der Waals surface area (Å²) in [5.41, 5.74) is 3.31. The zero-order valence-electron chi connectivity index (χ0n) is 18.8. The quantitative estimate of drug-likeness (QED) is 0.403. The van der Waals surface area contributed by atoms with Crippen LogP contribution in [0.5, 0.6) is 0 Å². The highest BCUT2D eigenvalue weighted by atomic mass is 16.3. The summed E-state index contributed by atoms with van der Waals surface area (Å²) in [6.45, 7) is 2.04. The number of Topliss-reactive ketones (excluding diaryl/α,β-unsaturated/α-hetero) is 1. The number of hydrogen-bond donors (Lipinski definition) is 2. The van der Waals surface area contributed by atoms with Crippen molar-refractivity contribution in [2.45, 2.75) is 50.9 Å². The number of benzene rings is 2. The third-order valence-electron chi connectivity index (χ3n) is 5.88. The SMILES string of the molecule is CCc1cccc(CC(NC(=O)C(CC(=O)C2=CCCC=C2)c2ccccc2)B(O)N=O)c1. The number of allylic oxidation sites excluding steroid dienone is 4. The maximum absolute atomic E-state index is 13.4. The van der Waals surface area contributed by atoms with Gasteiger partial charge < -0.3 is 10.3 Å². The average Bonchev–Trinajstić information content (AvgIpc) is 2.87. The van der Waals surface area contributed by atoms with Gasteiger partial charge in [-0.15, -0.1) is 0 Å². The molecule has 2 N–H and O–H groups in total. The van der Waals surface area contributed by atoms with Crippen LogP contribution < -0.4 is 5.32 Å². The molecule has 6 nitrogen and oxygen atoms in total. The number of ketones is 1. The Morgan fingerprint density at radius 2 is 1.85 bits per heavy atom. The highest BCUT2D eigenvalue weighted by molar-refractivity contribution is 6.50. The van der Waals surface area contributed by atoms with Gasteiger partial charge in [-0.25, -0.2) is 0 Å². The van der Waals surface area contributed by atoms with Crippen molar-refractivity contribution in [2.24, 2.45) is 5.09 Å². The van der Waals surface area contributed by atoms with E-state index in [4.69, 9.17) is 0 Å². The Morgan fingerprint density at radius 1 is 1.09 bits per heavy atom. The first kappa shape index (κ1) is 24.3. The number of aryl methyl sites for hydroxylation is 1. The van der Waals surface area contributed by atoms with Crippen LogP contribution in [0.2, 0.25) is 0 Å². The third kappa shape index (κ3) is 6.83. The summed E-state index contributed by atoms with van der Waals surface area (Å²) in [5, 5.41) is 15.8. The summed E-state index contributed by atoms with van der Waals surface area (Å²) in [6.07, 6.45) is 8.44. The number of nitrogens with one attached hydrogen (secondary N) is 1. The molecule has 0 radical (unpaired) electrons. The first-order valence-corrected chi connectivity index (χ1v) is 11.4. The van der Waals surface area contributed by atoms with Crippen molar-refractivity contribution in [3.8, 4) is 0 Å². The van der Waals surface area contributed by atoms with Crippen LogP contribution in [-0.4, -0.2) is 29.7 Å². The van der Waals surface area contributed by atoms with E-state index in [9.17, 15) is 19.5 Å². The second-order valence-electron chi connectivity index (χ2n) is 8.24. The van der Waals surface area contributed by atoms with Gasteiger partial charge in [0.1, 0.15) is 0 Å². The summed E-state index contributed by atoms with van der Waals surface area (Å²) in [5.74, 6) is -2.19. The summed E-state index contributed by atoms with van der Waals surface area (Å²) in [4.78, 5) is 37.4. The normalized spacial score (nSPS) is 14.7. The Kier molecular flexibility index (Phi) is 8.90. The van der Waals surface area contributed by atoms with E-state index in [0.29, 0.717) is 11.1 Å². The molecule has 33 heavy (non-hydrogen) atoms. The standard InChI is InChI=1S/C26H29BN2O4/c1-2-19-10-9-11-20(16-19)17-25(27(32)29-33)28-26(31)23(21-12-5-3-6-13-21)18-24(30)22-14-7-4-8-15-22/h3,5-7,9-16,23,25,32H,2,4,8,17-18H2,1H3,(H,28,31). The summed E-state index contributed by atoms with van der Waals surface area (Å²) in [6, 6.07) is 16.9. The van der Waals surface area contributed by atoms with E-state index in [1.807, 2.05) is 61.5 Å². The zero-order valence-corrected chi connectivity index (χ0v) is 18.8. The molecule has 2 atom stereocenters. The van der Waals surface area contributed by atoms with E-state index in [2.05, 4.69) is 10.4 Å². The first-order chi connectivity index (χ1) is 16.0. The molecule has 2 aromatic carbocycles. The van der Waals surface area contributed by atoms with Crippen molar-refractivity contribution in [3.63, 3.8) is 0 Å². The highest BCUT2D eigenvalue weighted by Crippen LogP contribution is 2.24. The van der Waals surface area contributed by atoms with Crippen LogP contribution in [0.25, 0.3) is 0 Å². The van der Waals surface area contributed by atoms with Crippen LogP contribution >= 0.6 is 0 Å². The van der Waals surface area contributed by atoms with E-state index in [0.717, 1.165) is 30.4 Å². The van der Waals surface area contributed by atoms with E-state index in [-0.39, 0.29) is 18.6 Å². The minimum atomic E-state index is -1.60. The zero-order chi connectivity index (χ0) is 23.6. The van der Waals surface area contributed by atoms with Gasteiger partial charge in [-0.1, -0.05) is 84.8 Å². The molecule has 1 amide bonds. The smallest absolute Gasteiger partial charge is 0.428 e. The Hall–Kier alpha value is -3.32. The Morgan fingerprint density at radius 3 is 2.52 bits per heavy atom. The lowest BCUT2D eigenvalue weighted by Gasteiger charge is -2.23. The molecule has 2 unspecified atom stereocenters. The molecular formula is C26H29BN2O4. The van der Waals surface area contributed by atoms with Gasteiger partial charge in [0.15, 0.2) is 5.78 Å². The van der Waals surface area contributed by atoms with Crippen molar-refractivity contribution < 1.29 is 14.6 Å². The molecule has 0 heterocycles. The van der Waals surface area contributed by atoms with Gasteiger partial charge >= 0.3 is 7.05 Å². The summed E-state index contributed by atoms with van der Waals surface area (Å²) in [7, 11) is -1.60. The molecule has 0 saturated carbocycles. The Bertz CT molecular complexity index is 1040. The molecule has 1 aliphatic carbocycles. The largest absolute Gasteiger partial charge is 0.506 e. The van der Waals surface area contributed by atoms with Gasteiger partial charge in [-0.2, -0.15) is 4.91 Å². The lowest BCUT2D eigenvalue weighted by Crippen LogP contribution is -2.48. The van der Waals surface area contributed by atoms with Crippen LogP contribution in [0.3, 0.4) is 0 Å². The minimum absolute atomic E-state index is 0.00528. The van der Waals surface area contributed by atoms with Gasteiger partial charge in [-0.05, 0) is 42.4 Å². The monoisotopic (exact) mass is 444 g/mol. The molecule has 2 aromatic rings. The first-order valence-electron chi connectivity index (χ1n) is 11.4. The van der Waals surface area contributed by atoms with Gasteiger partial charge in [0.2, 0.25) is 5.91 Å². The average molecular weight is 444 g/mol. The van der Waals surface area contributed by atoms with Crippen molar-refractivity contribution >= 4 is 18.7 Å². The number of rotatable bonds is 11. The fourth-order valence-corrected chi connectivity index (χ4v) is 3.99. The van der Waals surface area contributed by atoms with Crippen molar-refractivity contribution in [2.75, 3.05) is 0 Å². The second-order valence-corrected chi connectivity index (χ2v) is 8.24. The molecule has 0 aromatic heterocycles. The fraction of sp³-hybridized carbons (Fsp3) is 0.308. The molecule has 0 fully saturated rings. The van der Waals surface area contributed by atoms with Crippen molar-refractivity contribution in [1.29, 1.82) is 0 Å². The minimum Gasteiger partial charge on any atom is -0.428 e. The van der Waals surface area contributed by atoms with Gasteiger partial charge in [0.25, 0.3) is 0 Å². The molecule has 170 valence electrons.